The van der Waals surface area contributed by atoms with Gasteiger partial charge in [0, 0.05) is 33.1 Å². The van der Waals surface area contributed by atoms with Gasteiger partial charge in [-0.15, -0.1) is 0 Å². The van der Waals surface area contributed by atoms with Crippen LogP contribution in [0.1, 0.15) is 6.92 Å². The van der Waals surface area contributed by atoms with Crippen molar-refractivity contribution in [2.75, 3.05) is 50.6 Å². The number of methoxy groups -OCH3 is 2. The number of para-hydroxylation sites is 2. The number of hydrogen-bond acceptors (Lipinski definition) is 7. The van der Waals surface area contributed by atoms with E-state index < -0.39 is 11.9 Å². The summed E-state index contributed by atoms with van der Waals surface area (Å²) in [6, 6.07) is 7.43. The topological polar surface area (TPSA) is 88.2 Å². The van der Waals surface area contributed by atoms with Crippen LogP contribution in [-0.2, 0) is 23.9 Å². The first-order valence-corrected chi connectivity index (χ1v) is 8.20. The average Bonchev–Trinajstić information content (AvgIpc) is 2.67. The van der Waals surface area contributed by atoms with Crippen LogP contribution in [-0.4, -0.2) is 63.1 Å². The van der Waals surface area contributed by atoms with E-state index in [1.165, 1.54) is 14.2 Å². The lowest BCUT2D eigenvalue weighted by Crippen LogP contribution is -2.48. The summed E-state index contributed by atoms with van der Waals surface area (Å²) in [4.78, 5) is 38.9. The molecule has 0 aromatic heterocycles. The second-order valence-electron chi connectivity index (χ2n) is 5.71. The molecule has 0 radical (unpaired) electrons. The summed E-state index contributed by atoms with van der Waals surface area (Å²) < 4.78 is 9.30. The summed E-state index contributed by atoms with van der Waals surface area (Å²) in [5.41, 5.74) is 1.51. The van der Waals surface area contributed by atoms with E-state index in [2.05, 4.69) is 15.0 Å². The number of piperazine rings is 1. The minimum atomic E-state index is -0.674. The summed E-state index contributed by atoms with van der Waals surface area (Å²) in [6.07, 6.45) is 1.05. The van der Waals surface area contributed by atoms with Crippen molar-refractivity contribution in [3.05, 3.63) is 36.0 Å². The van der Waals surface area contributed by atoms with Crippen molar-refractivity contribution >= 4 is 29.2 Å². The van der Waals surface area contributed by atoms with E-state index in [1.54, 1.807) is 17.9 Å². The van der Waals surface area contributed by atoms with Gasteiger partial charge in [0.15, 0.2) is 0 Å². The van der Waals surface area contributed by atoms with Gasteiger partial charge in [0.2, 0.25) is 5.91 Å². The van der Waals surface area contributed by atoms with Gasteiger partial charge >= 0.3 is 11.9 Å². The fourth-order valence-corrected chi connectivity index (χ4v) is 2.70. The van der Waals surface area contributed by atoms with Crippen molar-refractivity contribution < 1.29 is 23.9 Å². The molecular weight excluding hydrogens is 338 g/mol. The Morgan fingerprint density at radius 2 is 1.69 bits per heavy atom. The second-order valence-corrected chi connectivity index (χ2v) is 5.71. The largest absolute Gasteiger partial charge is 0.466 e. The van der Waals surface area contributed by atoms with Crippen LogP contribution in [0, 0.1) is 0 Å². The zero-order valence-electron chi connectivity index (χ0n) is 15.2. The number of ether oxygens (including phenoxy) is 2. The lowest BCUT2D eigenvalue weighted by molar-refractivity contribution is -0.138. The Balaban J connectivity index is 2.22. The molecule has 1 fully saturated rings. The van der Waals surface area contributed by atoms with E-state index in [9.17, 15) is 14.4 Å². The molecule has 0 spiro atoms. The number of esters is 2. The number of hydrogen-bond donors (Lipinski definition) is 1. The Kier molecular flexibility index (Phi) is 6.60. The zero-order chi connectivity index (χ0) is 19.1. The van der Waals surface area contributed by atoms with E-state index in [1.807, 2.05) is 18.2 Å². The molecule has 8 nitrogen and oxygen atoms in total. The number of nitrogens with one attached hydrogen (secondary N) is 1. The van der Waals surface area contributed by atoms with Gasteiger partial charge in [-0.2, -0.15) is 0 Å². The summed E-state index contributed by atoms with van der Waals surface area (Å²) in [5, 5.41) is 2.96. The molecule has 1 N–H and O–H groups in total. The van der Waals surface area contributed by atoms with Gasteiger partial charge in [0.1, 0.15) is 5.70 Å². The molecule has 2 rings (SSSR count). The number of carbonyl (C=O) groups excluding carboxylic acids is 3. The number of rotatable bonds is 5. The highest BCUT2D eigenvalue weighted by Gasteiger charge is 2.21. The lowest BCUT2D eigenvalue weighted by Gasteiger charge is -2.36. The third kappa shape index (κ3) is 4.75. The van der Waals surface area contributed by atoms with Crippen LogP contribution < -0.4 is 10.2 Å². The highest BCUT2D eigenvalue weighted by atomic mass is 16.5. The molecule has 1 aliphatic rings. The predicted octanol–water partition coefficient (Wildman–Crippen LogP) is 0.997. The highest BCUT2D eigenvalue weighted by Crippen LogP contribution is 2.28. The first-order valence-electron chi connectivity index (χ1n) is 8.20. The molecule has 0 atom stereocenters. The van der Waals surface area contributed by atoms with Crippen molar-refractivity contribution in [1.82, 2.24) is 4.90 Å². The Morgan fingerprint density at radius 1 is 1.04 bits per heavy atom. The third-order valence-electron chi connectivity index (χ3n) is 4.11. The Hall–Kier alpha value is -3.03. The van der Waals surface area contributed by atoms with E-state index in [0.29, 0.717) is 31.9 Å². The van der Waals surface area contributed by atoms with Gasteiger partial charge < -0.3 is 24.6 Å². The molecule has 0 unspecified atom stereocenters. The van der Waals surface area contributed by atoms with E-state index >= 15 is 0 Å². The fraction of sp³-hybridized carbons (Fsp3) is 0.389. The predicted molar refractivity (Wildman–Crippen MR) is 96.6 cm³/mol. The molecule has 1 aromatic carbocycles. The van der Waals surface area contributed by atoms with Crippen LogP contribution in [0.25, 0.3) is 0 Å². The molecule has 0 bridgehead atoms. The molecular formula is C18H23N3O5. The van der Waals surface area contributed by atoms with Gasteiger partial charge in [-0.1, -0.05) is 12.1 Å². The maximum Gasteiger partial charge on any atom is 0.354 e. The van der Waals surface area contributed by atoms with Crippen LogP contribution in [0.2, 0.25) is 0 Å². The number of amides is 1. The first-order chi connectivity index (χ1) is 12.5. The Labute approximate surface area is 152 Å². The zero-order valence-corrected chi connectivity index (χ0v) is 15.2. The van der Waals surface area contributed by atoms with Gasteiger partial charge in [-0.05, 0) is 12.1 Å². The van der Waals surface area contributed by atoms with Gasteiger partial charge in [0.25, 0.3) is 0 Å². The smallest absolute Gasteiger partial charge is 0.354 e. The van der Waals surface area contributed by atoms with E-state index in [-0.39, 0.29) is 11.6 Å². The normalized spacial score (nSPS) is 14.7. The van der Waals surface area contributed by atoms with E-state index in [4.69, 9.17) is 4.74 Å². The Bertz CT molecular complexity index is 709. The molecule has 140 valence electrons. The molecule has 0 saturated carbocycles. The minimum Gasteiger partial charge on any atom is -0.466 e. The van der Waals surface area contributed by atoms with Gasteiger partial charge in [-0.25, -0.2) is 9.59 Å². The number of nitrogens with zero attached hydrogens (tertiary/aromatic N) is 2. The molecule has 1 amide bonds. The summed E-state index contributed by atoms with van der Waals surface area (Å²) in [6.45, 7) is 4.17. The third-order valence-corrected chi connectivity index (χ3v) is 4.11. The highest BCUT2D eigenvalue weighted by molar-refractivity contribution is 5.99. The van der Waals surface area contributed by atoms with Crippen molar-refractivity contribution in [3.63, 3.8) is 0 Å². The molecule has 26 heavy (non-hydrogen) atoms. The number of carbonyl (C=O) groups is 3. The maximum absolute atomic E-state index is 12.0. The van der Waals surface area contributed by atoms with Crippen molar-refractivity contribution in [3.8, 4) is 0 Å². The summed E-state index contributed by atoms with van der Waals surface area (Å²) in [7, 11) is 2.47. The summed E-state index contributed by atoms with van der Waals surface area (Å²) >= 11 is 0. The average molecular weight is 361 g/mol. The lowest BCUT2D eigenvalue weighted by atomic mass is 10.2. The fourth-order valence-electron chi connectivity index (χ4n) is 2.70. The maximum atomic E-state index is 12.0. The number of benzene rings is 1. The van der Waals surface area contributed by atoms with Crippen LogP contribution in [0.5, 0.6) is 0 Å². The van der Waals surface area contributed by atoms with Gasteiger partial charge in [0.05, 0.1) is 31.7 Å². The van der Waals surface area contributed by atoms with Crippen LogP contribution in [0.4, 0.5) is 11.4 Å². The second kappa shape index (κ2) is 8.89. The molecule has 1 heterocycles. The molecule has 8 heteroatoms. The van der Waals surface area contributed by atoms with Crippen LogP contribution in [0.3, 0.4) is 0 Å². The van der Waals surface area contributed by atoms with Crippen molar-refractivity contribution in [2.24, 2.45) is 0 Å². The SMILES string of the molecule is COC(=O)/C=C(/Nc1ccccc1N1CCN(C(C)=O)CC1)C(=O)OC. The first kappa shape index (κ1) is 19.3. The standard InChI is InChI=1S/C18H23N3O5/c1-13(22)20-8-10-21(11-9-20)16-7-5-4-6-14(16)19-15(18(24)26-3)12-17(23)25-2/h4-7,12,19H,8-11H2,1-3H3/b15-12+. The molecule has 1 aliphatic heterocycles. The van der Waals surface area contributed by atoms with Crippen LogP contribution >= 0.6 is 0 Å². The minimum absolute atomic E-state index is 0.0193. The van der Waals surface area contributed by atoms with E-state index in [0.717, 1.165) is 11.8 Å². The molecule has 1 aromatic rings. The number of anilines is 2. The van der Waals surface area contributed by atoms with Gasteiger partial charge in [-0.3, -0.25) is 4.79 Å². The summed E-state index contributed by atoms with van der Waals surface area (Å²) in [5.74, 6) is -1.28. The van der Waals surface area contributed by atoms with Crippen LogP contribution in [0.15, 0.2) is 36.0 Å². The quantitative estimate of drug-likeness (QED) is 0.618. The van der Waals surface area contributed by atoms with Crippen molar-refractivity contribution in [2.45, 2.75) is 6.92 Å². The molecule has 1 saturated heterocycles. The Morgan fingerprint density at radius 3 is 2.27 bits per heavy atom. The van der Waals surface area contributed by atoms with Crippen molar-refractivity contribution in [1.29, 1.82) is 0 Å². The monoisotopic (exact) mass is 361 g/mol. The molecule has 0 aliphatic carbocycles.